The van der Waals surface area contributed by atoms with Crippen LogP contribution in [0.1, 0.15) is 36.2 Å². The molecule has 0 saturated heterocycles. The minimum absolute atomic E-state index is 0.0971. The van der Waals surface area contributed by atoms with E-state index in [0.717, 1.165) is 5.01 Å². The Hall–Kier alpha value is -0.940. The lowest BCUT2D eigenvalue weighted by Crippen LogP contribution is -2.32. The van der Waals surface area contributed by atoms with Gasteiger partial charge in [-0.3, -0.25) is 4.79 Å². The van der Waals surface area contributed by atoms with Crippen LogP contribution in [0.4, 0.5) is 0 Å². The lowest BCUT2D eigenvalue weighted by molar-refractivity contribution is -0.118. The number of nitrogens with two attached hydrogens (primary N) is 1. The molecule has 4 nitrogen and oxygen atoms in total. The summed E-state index contributed by atoms with van der Waals surface area (Å²) < 4.78 is 0. The maximum absolute atomic E-state index is 10.7. The van der Waals surface area contributed by atoms with Gasteiger partial charge < -0.3 is 11.1 Å². The van der Waals surface area contributed by atoms with Crippen molar-refractivity contribution in [1.82, 2.24) is 10.3 Å². The summed E-state index contributed by atoms with van der Waals surface area (Å²) in [6.45, 7) is 5.99. The summed E-state index contributed by atoms with van der Waals surface area (Å²) >= 11 is 1.67. The molecule has 1 rings (SSSR count). The third-order valence-corrected chi connectivity index (χ3v) is 3.20. The van der Waals surface area contributed by atoms with E-state index < -0.39 is 0 Å². The smallest absolute Gasteiger partial charge is 0.218 e. The zero-order chi connectivity index (χ0) is 11.4. The van der Waals surface area contributed by atoms with Crippen molar-refractivity contribution in [3.05, 3.63) is 16.1 Å². The average molecular weight is 227 g/mol. The number of carbonyl (C=O) groups is 1. The van der Waals surface area contributed by atoms with Crippen molar-refractivity contribution in [2.75, 3.05) is 0 Å². The number of primary amides is 1. The summed E-state index contributed by atoms with van der Waals surface area (Å²) in [5.74, 6) is -0.275. The highest BCUT2D eigenvalue weighted by Crippen LogP contribution is 2.20. The Balaban J connectivity index is 2.48. The highest BCUT2D eigenvalue weighted by Gasteiger charge is 2.12. The number of amides is 1. The molecular weight excluding hydrogens is 210 g/mol. The largest absolute Gasteiger partial charge is 0.370 e. The Labute approximate surface area is 93.9 Å². The lowest BCUT2D eigenvalue weighted by atomic mass is 10.2. The second-order valence-corrected chi connectivity index (χ2v) is 5.01. The molecule has 0 fully saturated rings. The van der Waals surface area contributed by atoms with Crippen molar-refractivity contribution in [2.24, 2.45) is 5.73 Å². The van der Waals surface area contributed by atoms with Gasteiger partial charge in [-0.1, -0.05) is 0 Å². The van der Waals surface area contributed by atoms with Gasteiger partial charge in [0, 0.05) is 29.6 Å². The van der Waals surface area contributed by atoms with E-state index in [1.165, 1.54) is 4.88 Å². The topological polar surface area (TPSA) is 68.0 Å². The predicted octanol–water partition coefficient (Wildman–Crippen LogP) is 1.37. The molecular formula is C10H17N3OS. The Morgan fingerprint density at radius 2 is 2.33 bits per heavy atom. The summed E-state index contributed by atoms with van der Waals surface area (Å²) in [5.41, 5.74) is 5.12. The van der Waals surface area contributed by atoms with Crippen molar-refractivity contribution in [2.45, 2.75) is 39.3 Å². The van der Waals surface area contributed by atoms with Crippen LogP contribution in [0.25, 0.3) is 0 Å². The van der Waals surface area contributed by atoms with Gasteiger partial charge in [0.15, 0.2) is 0 Å². The molecule has 0 aliphatic rings. The number of carbonyl (C=O) groups excluding carboxylic acids is 1. The minimum Gasteiger partial charge on any atom is -0.370 e. The van der Waals surface area contributed by atoms with Gasteiger partial charge in [0.25, 0.3) is 0 Å². The first-order valence-corrected chi connectivity index (χ1v) is 5.77. The summed E-state index contributed by atoms with van der Waals surface area (Å²) in [4.78, 5) is 16.1. The van der Waals surface area contributed by atoms with Gasteiger partial charge in [0.2, 0.25) is 5.91 Å². The maximum Gasteiger partial charge on any atom is 0.218 e. The van der Waals surface area contributed by atoms with Crippen LogP contribution in [0.2, 0.25) is 0 Å². The van der Waals surface area contributed by atoms with Gasteiger partial charge >= 0.3 is 0 Å². The van der Waals surface area contributed by atoms with E-state index in [4.69, 9.17) is 5.73 Å². The molecule has 1 heterocycles. The molecule has 1 aromatic heterocycles. The number of nitrogens with zero attached hydrogens (tertiary/aromatic N) is 1. The van der Waals surface area contributed by atoms with Crippen LogP contribution in [0, 0.1) is 6.92 Å². The molecule has 1 amide bonds. The van der Waals surface area contributed by atoms with Crippen LogP contribution in [0.3, 0.4) is 0 Å². The molecule has 2 atom stereocenters. The van der Waals surface area contributed by atoms with E-state index in [9.17, 15) is 4.79 Å². The highest BCUT2D eigenvalue weighted by atomic mass is 32.1. The lowest BCUT2D eigenvalue weighted by Gasteiger charge is -2.17. The average Bonchev–Trinajstić information content (AvgIpc) is 2.49. The van der Waals surface area contributed by atoms with Crippen molar-refractivity contribution < 1.29 is 4.79 Å². The standard InChI is InChI=1S/C10H17N3OS/c1-6(4-10(11)14)13-7(2)9-5-12-8(3)15-9/h5-7,13H,4H2,1-3H3,(H2,11,14). The van der Waals surface area contributed by atoms with Crippen LogP contribution < -0.4 is 11.1 Å². The molecule has 0 spiro atoms. The van der Waals surface area contributed by atoms with Crippen molar-refractivity contribution in [3.63, 3.8) is 0 Å². The van der Waals surface area contributed by atoms with Gasteiger partial charge in [-0.05, 0) is 20.8 Å². The molecule has 0 aliphatic heterocycles. The molecule has 5 heteroatoms. The van der Waals surface area contributed by atoms with Crippen molar-refractivity contribution >= 4 is 17.2 Å². The molecule has 1 aromatic rings. The summed E-state index contributed by atoms with van der Waals surface area (Å²) in [5, 5.41) is 4.37. The molecule has 0 saturated carbocycles. The van der Waals surface area contributed by atoms with Gasteiger partial charge in [-0.2, -0.15) is 0 Å². The second kappa shape index (κ2) is 5.23. The molecule has 15 heavy (non-hydrogen) atoms. The summed E-state index contributed by atoms with van der Waals surface area (Å²) in [7, 11) is 0. The normalized spacial score (nSPS) is 14.9. The molecule has 2 unspecified atom stereocenters. The summed E-state index contributed by atoms with van der Waals surface area (Å²) in [6.07, 6.45) is 2.23. The fourth-order valence-electron chi connectivity index (χ4n) is 1.45. The molecule has 0 aliphatic carbocycles. The zero-order valence-corrected chi connectivity index (χ0v) is 10.1. The summed E-state index contributed by atoms with van der Waals surface area (Å²) in [6, 6.07) is 0.311. The maximum atomic E-state index is 10.7. The van der Waals surface area contributed by atoms with E-state index in [2.05, 4.69) is 17.2 Å². The Kier molecular flexibility index (Phi) is 4.23. The van der Waals surface area contributed by atoms with Gasteiger partial charge in [-0.25, -0.2) is 4.98 Å². The third-order valence-electron chi connectivity index (χ3n) is 2.11. The highest BCUT2D eigenvalue weighted by molar-refractivity contribution is 7.11. The molecule has 3 N–H and O–H groups in total. The fraction of sp³-hybridized carbons (Fsp3) is 0.600. The Morgan fingerprint density at radius 1 is 1.67 bits per heavy atom. The molecule has 0 aromatic carbocycles. The van der Waals surface area contributed by atoms with E-state index >= 15 is 0 Å². The van der Waals surface area contributed by atoms with E-state index in [1.54, 1.807) is 11.3 Å². The molecule has 0 radical (unpaired) electrons. The molecule has 0 bridgehead atoms. The van der Waals surface area contributed by atoms with Crippen LogP contribution in [-0.2, 0) is 4.79 Å². The number of rotatable bonds is 5. The van der Waals surface area contributed by atoms with Gasteiger partial charge in [0.1, 0.15) is 0 Å². The Bertz CT molecular complexity index is 337. The fourth-order valence-corrected chi connectivity index (χ4v) is 2.24. The monoisotopic (exact) mass is 227 g/mol. The number of aryl methyl sites for hydroxylation is 1. The Morgan fingerprint density at radius 3 is 2.80 bits per heavy atom. The first kappa shape index (κ1) is 12.1. The SMILES string of the molecule is Cc1ncc(C(C)NC(C)CC(N)=O)s1. The minimum atomic E-state index is -0.275. The number of nitrogens with one attached hydrogen (secondary N) is 1. The number of hydrogen-bond donors (Lipinski definition) is 2. The second-order valence-electron chi connectivity index (χ2n) is 3.74. The van der Waals surface area contributed by atoms with Crippen LogP contribution in [0.5, 0.6) is 0 Å². The molecule has 84 valence electrons. The van der Waals surface area contributed by atoms with Gasteiger partial charge in [-0.15, -0.1) is 11.3 Å². The first-order chi connectivity index (χ1) is 6.99. The quantitative estimate of drug-likeness (QED) is 0.798. The van der Waals surface area contributed by atoms with Crippen LogP contribution in [0.15, 0.2) is 6.20 Å². The van der Waals surface area contributed by atoms with E-state index in [0.29, 0.717) is 6.42 Å². The van der Waals surface area contributed by atoms with Gasteiger partial charge in [0.05, 0.1) is 5.01 Å². The first-order valence-electron chi connectivity index (χ1n) is 4.95. The van der Waals surface area contributed by atoms with Crippen LogP contribution >= 0.6 is 11.3 Å². The zero-order valence-electron chi connectivity index (χ0n) is 9.28. The number of thiazole rings is 1. The predicted molar refractivity (Wildman–Crippen MR) is 61.7 cm³/mol. The van der Waals surface area contributed by atoms with Crippen molar-refractivity contribution in [3.8, 4) is 0 Å². The van der Waals surface area contributed by atoms with E-state index in [-0.39, 0.29) is 18.0 Å². The number of aromatic nitrogens is 1. The third kappa shape index (κ3) is 3.97. The van der Waals surface area contributed by atoms with E-state index in [1.807, 2.05) is 20.0 Å². The number of hydrogen-bond acceptors (Lipinski definition) is 4. The van der Waals surface area contributed by atoms with Crippen molar-refractivity contribution in [1.29, 1.82) is 0 Å². The van der Waals surface area contributed by atoms with Crippen LogP contribution in [-0.4, -0.2) is 16.9 Å².